The molecule has 0 bridgehead atoms. The summed E-state index contributed by atoms with van der Waals surface area (Å²) in [5.74, 6) is -0.613. The van der Waals surface area contributed by atoms with Gasteiger partial charge in [0.1, 0.15) is 0 Å². The quantitative estimate of drug-likeness (QED) is 0.575. The minimum absolute atomic E-state index is 0.00230. The Morgan fingerprint density at radius 2 is 1.88 bits per heavy atom. The van der Waals surface area contributed by atoms with Gasteiger partial charge in [-0.25, -0.2) is 0 Å². The van der Waals surface area contributed by atoms with Crippen molar-refractivity contribution < 1.29 is 14.6 Å². The normalized spacial score (nSPS) is 19.3. The SMILES string of the molecule is COc1nc(=O)c(O)c2n1C(C1c3ccccc3SCc3c(Cl)cccc31)CN(C(C)C)C2=O. The molecule has 1 amide bonds. The lowest BCUT2D eigenvalue weighted by Gasteiger charge is -2.42. The first-order valence-corrected chi connectivity index (χ1v) is 12.4. The van der Waals surface area contributed by atoms with Gasteiger partial charge >= 0.3 is 11.6 Å². The molecule has 0 aliphatic carbocycles. The van der Waals surface area contributed by atoms with Crippen LogP contribution < -0.4 is 10.3 Å². The van der Waals surface area contributed by atoms with Crippen molar-refractivity contribution in [3.8, 4) is 11.8 Å². The van der Waals surface area contributed by atoms with Gasteiger partial charge in [0.05, 0.1) is 13.2 Å². The van der Waals surface area contributed by atoms with Crippen LogP contribution in [0.3, 0.4) is 0 Å². The molecule has 0 fully saturated rings. The highest BCUT2D eigenvalue weighted by Gasteiger charge is 2.43. The fraction of sp³-hybridized carbons (Fsp3) is 0.320. The Labute approximate surface area is 206 Å². The summed E-state index contributed by atoms with van der Waals surface area (Å²) in [5.41, 5.74) is 2.17. The van der Waals surface area contributed by atoms with Gasteiger partial charge in [0, 0.05) is 34.2 Å². The number of aromatic nitrogens is 2. The highest BCUT2D eigenvalue weighted by Crippen LogP contribution is 2.49. The average molecular weight is 498 g/mol. The van der Waals surface area contributed by atoms with Crippen molar-refractivity contribution in [3.05, 3.63) is 80.2 Å². The fourth-order valence-electron chi connectivity index (χ4n) is 4.98. The Bertz CT molecular complexity index is 1360. The monoisotopic (exact) mass is 497 g/mol. The lowest BCUT2D eigenvalue weighted by molar-refractivity contribution is 0.0572. The van der Waals surface area contributed by atoms with Crippen LogP contribution in [0.1, 0.15) is 53.0 Å². The van der Waals surface area contributed by atoms with E-state index in [1.165, 1.54) is 7.11 Å². The summed E-state index contributed by atoms with van der Waals surface area (Å²) in [4.78, 5) is 32.6. The van der Waals surface area contributed by atoms with Crippen molar-refractivity contribution in [1.29, 1.82) is 0 Å². The summed E-state index contributed by atoms with van der Waals surface area (Å²) in [7, 11) is 1.41. The molecule has 2 aliphatic rings. The minimum atomic E-state index is -0.888. The summed E-state index contributed by atoms with van der Waals surface area (Å²) in [6.45, 7) is 4.18. The Morgan fingerprint density at radius 1 is 1.15 bits per heavy atom. The van der Waals surface area contributed by atoms with Gasteiger partial charge in [0.15, 0.2) is 5.69 Å². The second kappa shape index (κ2) is 8.67. The number of methoxy groups -OCH3 is 1. The summed E-state index contributed by atoms with van der Waals surface area (Å²) in [6.07, 6.45) is 0. The summed E-state index contributed by atoms with van der Waals surface area (Å²) in [5, 5.41) is 11.4. The largest absolute Gasteiger partial charge is 0.501 e. The number of halogens is 1. The zero-order valence-corrected chi connectivity index (χ0v) is 20.6. The number of hydrogen-bond donors (Lipinski definition) is 1. The lowest BCUT2D eigenvalue weighted by atomic mass is 9.81. The molecule has 34 heavy (non-hydrogen) atoms. The van der Waals surface area contributed by atoms with Crippen molar-refractivity contribution in [2.75, 3.05) is 13.7 Å². The molecule has 0 saturated carbocycles. The van der Waals surface area contributed by atoms with E-state index in [9.17, 15) is 14.7 Å². The zero-order chi connectivity index (χ0) is 24.1. The standard InChI is InChI=1S/C25H24ClN3O4S/c1-13(2)28-11-18(29-21(24(28)32)22(30)23(31)27-25(29)33-3)20-14-8-6-9-17(26)16(14)12-34-19-10-5-4-7-15(19)20/h4-10,13,18,20,30H,11-12H2,1-3H3. The number of nitrogens with zero attached hydrogens (tertiary/aromatic N) is 3. The lowest BCUT2D eigenvalue weighted by Crippen LogP contribution is -2.49. The average Bonchev–Trinajstić information content (AvgIpc) is 2.99. The van der Waals surface area contributed by atoms with Crippen LogP contribution in [-0.4, -0.2) is 45.2 Å². The number of aromatic hydroxyl groups is 1. The van der Waals surface area contributed by atoms with Crippen LogP contribution >= 0.6 is 23.4 Å². The van der Waals surface area contributed by atoms with Gasteiger partial charge in [-0.15, -0.1) is 11.8 Å². The third kappa shape index (κ3) is 3.47. The van der Waals surface area contributed by atoms with Crippen molar-refractivity contribution in [3.63, 3.8) is 0 Å². The Morgan fingerprint density at radius 3 is 2.62 bits per heavy atom. The van der Waals surface area contributed by atoms with Crippen molar-refractivity contribution >= 4 is 29.3 Å². The number of rotatable bonds is 3. The molecule has 2 aliphatic heterocycles. The molecular formula is C25H24ClN3O4S. The van der Waals surface area contributed by atoms with Gasteiger partial charge in [-0.05, 0) is 42.7 Å². The predicted molar refractivity (Wildman–Crippen MR) is 131 cm³/mol. The first kappa shape index (κ1) is 22.8. The molecular weight excluding hydrogens is 474 g/mol. The van der Waals surface area contributed by atoms with Crippen LogP contribution in [0.4, 0.5) is 0 Å². The van der Waals surface area contributed by atoms with Gasteiger partial charge in [-0.3, -0.25) is 14.2 Å². The van der Waals surface area contributed by atoms with Gasteiger partial charge in [-0.2, -0.15) is 4.98 Å². The van der Waals surface area contributed by atoms with Gasteiger partial charge in [0.25, 0.3) is 5.91 Å². The van der Waals surface area contributed by atoms with E-state index < -0.39 is 23.3 Å². The van der Waals surface area contributed by atoms with Crippen molar-refractivity contribution in [2.24, 2.45) is 0 Å². The molecule has 0 radical (unpaired) electrons. The third-order valence-corrected chi connectivity index (χ3v) is 8.03. The Kier molecular flexibility index (Phi) is 5.81. The van der Waals surface area contributed by atoms with E-state index in [1.807, 2.05) is 38.1 Å². The van der Waals surface area contributed by atoms with E-state index >= 15 is 0 Å². The van der Waals surface area contributed by atoms with E-state index in [2.05, 4.69) is 23.2 Å². The molecule has 0 saturated heterocycles. The van der Waals surface area contributed by atoms with Gasteiger partial charge < -0.3 is 14.7 Å². The van der Waals surface area contributed by atoms with Gasteiger partial charge in [-0.1, -0.05) is 41.9 Å². The first-order chi connectivity index (χ1) is 16.3. The van der Waals surface area contributed by atoms with Crippen LogP contribution in [0.5, 0.6) is 11.8 Å². The number of benzene rings is 2. The number of thioether (sulfide) groups is 1. The second-order valence-electron chi connectivity index (χ2n) is 8.70. The van der Waals surface area contributed by atoms with Gasteiger partial charge in [0.2, 0.25) is 5.75 Å². The molecule has 3 aromatic rings. The van der Waals surface area contributed by atoms with Crippen LogP contribution in [0.25, 0.3) is 0 Å². The molecule has 2 unspecified atom stereocenters. The third-order valence-electron chi connectivity index (χ3n) is 6.56. The molecule has 176 valence electrons. The Balaban J connectivity index is 1.85. The highest BCUT2D eigenvalue weighted by molar-refractivity contribution is 7.98. The summed E-state index contributed by atoms with van der Waals surface area (Å²) < 4.78 is 7.08. The maximum atomic E-state index is 13.4. The number of carbonyl (C=O) groups is 1. The first-order valence-electron chi connectivity index (χ1n) is 11.0. The molecule has 2 atom stereocenters. The van der Waals surface area contributed by atoms with Crippen LogP contribution in [0, 0.1) is 0 Å². The van der Waals surface area contributed by atoms with Crippen molar-refractivity contribution in [2.45, 2.75) is 42.5 Å². The molecule has 1 aromatic heterocycles. The zero-order valence-electron chi connectivity index (χ0n) is 19.0. The molecule has 3 heterocycles. The predicted octanol–water partition coefficient (Wildman–Crippen LogP) is 4.45. The number of fused-ring (bicyclic) bond motifs is 3. The van der Waals surface area contributed by atoms with Crippen molar-refractivity contribution in [1.82, 2.24) is 14.5 Å². The topological polar surface area (TPSA) is 84.7 Å². The van der Waals surface area contributed by atoms with Crippen LogP contribution in [-0.2, 0) is 5.75 Å². The van der Waals surface area contributed by atoms with E-state index in [0.717, 1.165) is 21.6 Å². The molecule has 2 aromatic carbocycles. The maximum Gasteiger partial charge on any atom is 0.318 e. The maximum absolute atomic E-state index is 13.4. The molecule has 7 nitrogen and oxygen atoms in total. The number of ether oxygens (including phenoxy) is 1. The molecule has 9 heteroatoms. The van der Waals surface area contributed by atoms with E-state index in [4.69, 9.17) is 16.3 Å². The second-order valence-corrected chi connectivity index (χ2v) is 10.1. The van der Waals surface area contributed by atoms with E-state index in [1.54, 1.807) is 21.2 Å². The minimum Gasteiger partial charge on any atom is -0.501 e. The summed E-state index contributed by atoms with van der Waals surface area (Å²) >= 11 is 8.38. The Hall–Kier alpha value is -2.97. The molecule has 1 N–H and O–H groups in total. The van der Waals surface area contributed by atoms with Crippen LogP contribution in [0.15, 0.2) is 52.2 Å². The molecule has 5 rings (SSSR count). The molecule has 0 spiro atoms. The number of carbonyl (C=O) groups excluding carboxylic acids is 1. The summed E-state index contributed by atoms with van der Waals surface area (Å²) in [6, 6.07) is 13.5. The van der Waals surface area contributed by atoms with Crippen LogP contribution in [0.2, 0.25) is 5.02 Å². The number of amides is 1. The van der Waals surface area contributed by atoms with E-state index in [-0.39, 0.29) is 23.7 Å². The number of hydrogen-bond acceptors (Lipinski definition) is 6. The van der Waals surface area contributed by atoms with E-state index in [0.29, 0.717) is 17.3 Å². The highest BCUT2D eigenvalue weighted by atomic mass is 35.5. The fourth-order valence-corrected chi connectivity index (χ4v) is 6.47. The smallest absolute Gasteiger partial charge is 0.318 e.